The molecule has 154 valence electrons. The van der Waals surface area contributed by atoms with E-state index in [1.807, 2.05) is 50.2 Å². The number of rotatable bonds is 6. The smallest absolute Gasteiger partial charge is 0.230 e. The minimum atomic E-state index is -0.200. The number of amides is 3. The fourth-order valence-corrected chi connectivity index (χ4v) is 4.76. The number of aromatic nitrogens is 1. The highest BCUT2D eigenvalue weighted by Crippen LogP contribution is 2.33. The summed E-state index contributed by atoms with van der Waals surface area (Å²) in [6.45, 7) is 4.58. The summed E-state index contributed by atoms with van der Waals surface area (Å²) in [7, 11) is 0. The van der Waals surface area contributed by atoms with E-state index in [-0.39, 0.29) is 43.5 Å². The average Bonchev–Trinajstić information content (AvgIpc) is 3.28. The first kappa shape index (κ1) is 20.2. The van der Waals surface area contributed by atoms with Gasteiger partial charge in [0.25, 0.3) is 0 Å². The van der Waals surface area contributed by atoms with Crippen molar-refractivity contribution in [2.45, 2.75) is 39.7 Å². The number of imide groups is 1. The topological polar surface area (TPSA) is 70.6 Å². The number of likely N-dealkylation sites (tertiary alicyclic amines) is 1. The summed E-state index contributed by atoms with van der Waals surface area (Å²) >= 11 is 1.49. The van der Waals surface area contributed by atoms with Crippen molar-refractivity contribution in [1.29, 1.82) is 0 Å². The van der Waals surface area contributed by atoms with Crippen LogP contribution < -0.4 is 4.90 Å². The molecule has 1 saturated heterocycles. The Labute approximate surface area is 179 Å². The quantitative estimate of drug-likeness (QED) is 0.565. The third-order valence-corrected chi connectivity index (χ3v) is 6.46. The summed E-state index contributed by atoms with van der Waals surface area (Å²) in [5, 5.41) is 0.631. The maximum atomic E-state index is 13.2. The monoisotopic (exact) mass is 421 g/mol. The van der Waals surface area contributed by atoms with Crippen LogP contribution in [0.1, 0.15) is 36.0 Å². The molecule has 2 heterocycles. The molecule has 0 bridgehead atoms. The van der Waals surface area contributed by atoms with Crippen molar-refractivity contribution in [3.8, 4) is 0 Å². The molecule has 3 amide bonds. The largest absolute Gasteiger partial charge is 0.284 e. The van der Waals surface area contributed by atoms with Crippen molar-refractivity contribution in [2.75, 3.05) is 11.4 Å². The first-order valence-electron chi connectivity index (χ1n) is 9.97. The first-order chi connectivity index (χ1) is 14.4. The van der Waals surface area contributed by atoms with Gasteiger partial charge in [0.15, 0.2) is 5.13 Å². The van der Waals surface area contributed by atoms with E-state index < -0.39 is 0 Å². The van der Waals surface area contributed by atoms with E-state index >= 15 is 0 Å². The predicted octanol–water partition coefficient (Wildman–Crippen LogP) is 3.99. The molecule has 0 radical (unpaired) electrons. The number of hydrogen-bond acceptors (Lipinski definition) is 5. The van der Waals surface area contributed by atoms with Gasteiger partial charge in [-0.25, -0.2) is 4.98 Å². The van der Waals surface area contributed by atoms with E-state index in [4.69, 9.17) is 4.98 Å². The number of aryl methyl sites for hydroxylation is 2. The van der Waals surface area contributed by atoms with Crippen molar-refractivity contribution in [3.05, 3.63) is 59.2 Å². The van der Waals surface area contributed by atoms with Crippen LogP contribution >= 0.6 is 11.3 Å². The molecule has 1 aromatic heterocycles. The minimum Gasteiger partial charge on any atom is -0.284 e. The maximum absolute atomic E-state index is 13.2. The van der Waals surface area contributed by atoms with E-state index in [0.29, 0.717) is 11.7 Å². The molecule has 0 atom stereocenters. The lowest BCUT2D eigenvalue weighted by Gasteiger charge is -2.21. The van der Waals surface area contributed by atoms with Gasteiger partial charge in [-0.1, -0.05) is 47.7 Å². The summed E-state index contributed by atoms with van der Waals surface area (Å²) in [5.74, 6) is -0.554. The molecule has 0 N–H and O–H groups in total. The van der Waals surface area contributed by atoms with Crippen LogP contribution in [0, 0.1) is 13.8 Å². The highest BCUT2D eigenvalue weighted by atomic mass is 32.1. The molecule has 4 rings (SSSR count). The summed E-state index contributed by atoms with van der Waals surface area (Å²) in [6.07, 6.45) is 0.548. The highest BCUT2D eigenvalue weighted by Gasteiger charge is 2.30. The second-order valence-electron chi connectivity index (χ2n) is 7.58. The molecule has 7 heteroatoms. The Balaban J connectivity index is 1.62. The van der Waals surface area contributed by atoms with E-state index in [2.05, 4.69) is 6.07 Å². The molecule has 0 aliphatic carbocycles. The van der Waals surface area contributed by atoms with Crippen molar-refractivity contribution in [1.82, 2.24) is 9.88 Å². The number of hydrogen-bond donors (Lipinski definition) is 0. The Morgan fingerprint density at radius 3 is 2.50 bits per heavy atom. The van der Waals surface area contributed by atoms with Crippen LogP contribution in [0.4, 0.5) is 5.13 Å². The third-order valence-electron chi connectivity index (χ3n) is 5.23. The van der Waals surface area contributed by atoms with Gasteiger partial charge in [0.2, 0.25) is 17.7 Å². The van der Waals surface area contributed by atoms with Crippen LogP contribution in [-0.2, 0) is 20.9 Å². The normalized spacial score (nSPS) is 14.0. The van der Waals surface area contributed by atoms with Gasteiger partial charge >= 0.3 is 0 Å². The second-order valence-corrected chi connectivity index (χ2v) is 8.56. The first-order valence-corrected chi connectivity index (χ1v) is 10.8. The lowest BCUT2D eigenvalue weighted by atomic mass is 10.1. The third kappa shape index (κ3) is 4.11. The van der Waals surface area contributed by atoms with Crippen LogP contribution in [0.2, 0.25) is 0 Å². The number of fused-ring (bicyclic) bond motifs is 1. The number of carbonyl (C=O) groups is 3. The van der Waals surface area contributed by atoms with Gasteiger partial charge in [-0.05, 0) is 36.6 Å². The lowest BCUT2D eigenvalue weighted by molar-refractivity contribution is -0.138. The fourth-order valence-electron chi connectivity index (χ4n) is 3.72. The van der Waals surface area contributed by atoms with Gasteiger partial charge in [0.05, 0.1) is 16.8 Å². The van der Waals surface area contributed by atoms with Crippen LogP contribution in [0.5, 0.6) is 0 Å². The van der Waals surface area contributed by atoms with E-state index in [1.165, 1.54) is 16.2 Å². The van der Waals surface area contributed by atoms with Crippen molar-refractivity contribution in [3.63, 3.8) is 0 Å². The Hall–Kier alpha value is -3.06. The van der Waals surface area contributed by atoms with Crippen molar-refractivity contribution >= 4 is 44.4 Å². The zero-order valence-corrected chi connectivity index (χ0v) is 17.9. The van der Waals surface area contributed by atoms with E-state index in [1.54, 1.807) is 4.90 Å². The fraction of sp³-hybridized carbons (Fsp3) is 0.304. The molecule has 30 heavy (non-hydrogen) atoms. The number of nitrogens with zero attached hydrogens (tertiary/aromatic N) is 3. The SMILES string of the molecule is Cc1cc(C)c2sc(N(Cc3ccccc3)C(=O)CCN3C(=O)CCC3=O)nc2c1. The Bertz CT molecular complexity index is 1110. The number of anilines is 1. The van der Waals surface area contributed by atoms with Crippen LogP contribution in [-0.4, -0.2) is 34.2 Å². The molecule has 1 aliphatic rings. The van der Waals surface area contributed by atoms with Gasteiger partial charge in [0.1, 0.15) is 0 Å². The number of benzene rings is 2. The van der Waals surface area contributed by atoms with Gasteiger partial charge in [-0.2, -0.15) is 0 Å². The standard InChI is InChI=1S/C23H23N3O3S/c1-15-12-16(2)22-18(13-15)24-23(30-22)26(14-17-6-4-3-5-7-17)21(29)10-11-25-19(27)8-9-20(25)28/h3-7,12-13H,8-11,14H2,1-2H3. The summed E-state index contributed by atoms with van der Waals surface area (Å²) < 4.78 is 1.06. The van der Waals surface area contributed by atoms with Gasteiger partial charge < -0.3 is 0 Å². The van der Waals surface area contributed by atoms with Gasteiger partial charge in [-0.3, -0.25) is 24.2 Å². The molecular weight excluding hydrogens is 398 g/mol. The van der Waals surface area contributed by atoms with Crippen LogP contribution in [0.3, 0.4) is 0 Å². The van der Waals surface area contributed by atoms with Crippen molar-refractivity contribution in [2.24, 2.45) is 0 Å². The molecule has 0 saturated carbocycles. The summed E-state index contributed by atoms with van der Waals surface area (Å²) in [6, 6.07) is 13.9. The minimum absolute atomic E-state index is 0.0816. The number of thiazole rings is 1. The Morgan fingerprint density at radius 1 is 1.10 bits per heavy atom. The Morgan fingerprint density at radius 2 is 1.80 bits per heavy atom. The van der Waals surface area contributed by atoms with Crippen molar-refractivity contribution < 1.29 is 14.4 Å². The zero-order valence-electron chi connectivity index (χ0n) is 17.1. The maximum Gasteiger partial charge on any atom is 0.230 e. The van der Waals surface area contributed by atoms with E-state index in [0.717, 1.165) is 26.9 Å². The van der Waals surface area contributed by atoms with E-state index in [9.17, 15) is 14.4 Å². The van der Waals surface area contributed by atoms with Crippen LogP contribution in [0.15, 0.2) is 42.5 Å². The summed E-state index contributed by atoms with van der Waals surface area (Å²) in [4.78, 5) is 44.6. The molecule has 0 unspecified atom stereocenters. The lowest BCUT2D eigenvalue weighted by Crippen LogP contribution is -2.36. The predicted molar refractivity (Wildman–Crippen MR) is 117 cm³/mol. The molecule has 2 aromatic carbocycles. The van der Waals surface area contributed by atoms with Gasteiger partial charge in [-0.15, -0.1) is 0 Å². The van der Waals surface area contributed by atoms with Gasteiger partial charge in [0, 0.05) is 25.8 Å². The second kappa shape index (κ2) is 8.36. The molecular formula is C23H23N3O3S. The molecule has 0 spiro atoms. The average molecular weight is 422 g/mol. The molecule has 6 nitrogen and oxygen atoms in total. The molecule has 3 aromatic rings. The molecule has 1 fully saturated rings. The summed E-state index contributed by atoms with van der Waals surface area (Å²) in [5.41, 5.74) is 4.13. The van der Waals surface area contributed by atoms with Crippen LogP contribution in [0.25, 0.3) is 10.2 Å². The molecule has 1 aliphatic heterocycles. The number of carbonyl (C=O) groups excluding carboxylic acids is 3. The highest BCUT2D eigenvalue weighted by molar-refractivity contribution is 7.22. The Kier molecular flexibility index (Phi) is 5.63. The zero-order chi connectivity index (χ0) is 21.3.